The quantitative estimate of drug-likeness (QED) is 0.497. The molecule has 1 aromatic heterocycles. The van der Waals surface area contributed by atoms with E-state index in [1.165, 1.54) is 30.5 Å². The lowest BCUT2D eigenvalue weighted by Crippen LogP contribution is -2.43. The van der Waals surface area contributed by atoms with Crippen molar-refractivity contribution in [2.75, 3.05) is 19.8 Å². The molecule has 1 aromatic carbocycles. The molecule has 0 bridgehead atoms. The van der Waals surface area contributed by atoms with Crippen LogP contribution >= 0.6 is 0 Å². The molecule has 0 unspecified atom stereocenters. The van der Waals surface area contributed by atoms with Crippen LogP contribution in [-0.2, 0) is 9.53 Å². The van der Waals surface area contributed by atoms with Crippen molar-refractivity contribution in [2.45, 2.75) is 20.3 Å². The van der Waals surface area contributed by atoms with Crippen molar-refractivity contribution < 1.29 is 33.0 Å². The first-order valence-corrected chi connectivity index (χ1v) is 8.74. The molecule has 0 atom stereocenters. The molecule has 0 spiro atoms. The van der Waals surface area contributed by atoms with Crippen molar-refractivity contribution in [3.05, 3.63) is 47.9 Å². The van der Waals surface area contributed by atoms with Crippen molar-refractivity contribution in [3.63, 3.8) is 0 Å². The lowest BCUT2D eigenvalue weighted by Gasteiger charge is -2.13. The Morgan fingerprint density at radius 3 is 2.54 bits per heavy atom. The SMILES string of the molecule is CCCOc1ccc(C(=O)OCC(=O)NNC(=O)c2ccco2)cc1OCC. The summed E-state index contributed by atoms with van der Waals surface area (Å²) >= 11 is 0. The molecule has 2 amide bonds. The molecule has 0 aliphatic rings. The van der Waals surface area contributed by atoms with E-state index in [0.717, 1.165) is 6.42 Å². The summed E-state index contributed by atoms with van der Waals surface area (Å²) in [5.74, 6) is -1.07. The zero-order chi connectivity index (χ0) is 20.4. The summed E-state index contributed by atoms with van der Waals surface area (Å²) in [6.07, 6.45) is 2.16. The van der Waals surface area contributed by atoms with Gasteiger partial charge in [0, 0.05) is 0 Å². The highest BCUT2D eigenvalue weighted by Crippen LogP contribution is 2.29. The standard InChI is InChI=1S/C19H22N2O7/c1-3-9-26-14-8-7-13(11-16(14)25-4-2)19(24)28-12-17(22)20-21-18(23)15-6-5-10-27-15/h5-8,10-11H,3-4,9,12H2,1-2H3,(H,20,22)(H,21,23). The van der Waals surface area contributed by atoms with Crippen LogP contribution in [0.4, 0.5) is 0 Å². The van der Waals surface area contributed by atoms with Crippen LogP contribution < -0.4 is 20.3 Å². The van der Waals surface area contributed by atoms with Gasteiger partial charge >= 0.3 is 11.9 Å². The Bertz CT molecular complexity index is 803. The monoisotopic (exact) mass is 390 g/mol. The number of nitrogens with one attached hydrogen (secondary N) is 2. The number of carbonyl (C=O) groups is 3. The third kappa shape index (κ3) is 6.04. The lowest BCUT2D eigenvalue weighted by molar-refractivity contribution is -0.125. The minimum atomic E-state index is -0.712. The van der Waals surface area contributed by atoms with Crippen LogP contribution in [0.3, 0.4) is 0 Å². The molecule has 0 aliphatic carbocycles. The maximum absolute atomic E-state index is 12.2. The summed E-state index contributed by atoms with van der Waals surface area (Å²) in [5, 5.41) is 0. The van der Waals surface area contributed by atoms with Crippen LogP contribution in [0.2, 0.25) is 0 Å². The third-order valence-corrected chi connectivity index (χ3v) is 3.34. The van der Waals surface area contributed by atoms with E-state index < -0.39 is 24.4 Å². The van der Waals surface area contributed by atoms with Gasteiger partial charge in [-0.15, -0.1) is 0 Å². The fourth-order valence-corrected chi connectivity index (χ4v) is 2.08. The van der Waals surface area contributed by atoms with Gasteiger partial charge in [0.15, 0.2) is 23.9 Å². The number of benzene rings is 1. The predicted octanol–water partition coefficient (Wildman–Crippen LogP) is 2.09. The van der Waals surface area contributed by atoms with Gasteiger partial charge in [0.2, 0.25) is 0 Å². The molecule has 2 rings (SSSR count). The molecule has 150 valence electrons. The molecule has 0 aliphatic heterocycles. The highest BCUT2D eigenvalue weighted by molar-refractivity contribution is 5.94. The fourth-order valence-electron chi connectivity index (χ4n) is 2.08. The van der Waals surface area contributed by atoms with E-state index in [4.69, 9.17) is 18.6 Å². The summed E-state index contributed by atoms with van der Waals surface area (Å²) in [6, 6.07) is 7.60. The maximum atomic E-state index is 12.2. The smallest absolute Gasteiger partial charge is 0.338 e. The molecule has 9 nitrogen and oxygen atoms in total. The predicted molar refractivity (Wildman–Crippen MR) is 98.0 cm³/mol. The number of ether oxygens (including phenoxy) is 3. The van der Waals surface area contributed by atoms with Crippen molar-refractivity contribution in [3.8, 4) is 11.5 Å². The Balaban J connectivity index is 1.86. The number of hydrogen-bond acceptors (Lipinski definition) is 7. The average molecular weight is 390 g/mol. The zero-order valence-corrected chi connectivity index (χ0v) is 15.7. The minimum absolute atomic E-state index is 0.0335. The summed E-state index contributed by atoms with van der Waals surface area (Å²) in [4.78, 5) is 35.5. The van der Waals surface area contributed by atoms with Crippen molar-refractivity contribution in [1.82, 2.24) is 10.9 Å². The molecule has 2 aromatic rings. The maximum Gasteiger partial charge on any atom is 0.338 e. The van der Waals surface area contributed by atoms with E-state index in [1.54, 1.807) is 6.07 Å². The second-order valence-electron chi connectivity index (χ2n) is 5.50. The summed E-state index contributed by atoms with van der Waals surface area (Å²) in [5.41, 5.74) is 4.47. The Morgan fingerprint density at radius 2 is 1.86 bits per heavy atom. The number of hydrogen-bond donors (Lipinski definition) is 2. The van der Waals surface area contributed by atoms with Gasteiger partial charge in [0.25, 0.3) is 5.91 Å². The van der Waals surface area contributed by atoms with Crippen LogP contribution in [0.5, 0.6) is 11.5 Å². The van der Waals surface area contributed by atoms with Gasteiger partial charge in [0.05, 0.1) is 25.0 Å². The van der Waals surface area contributed by atoms with Crippen molar-refractivity contribution in [2.24, 2.45) is 0 Å². The van der Waals surface area contributed by atoms with Crippen LogP contribution in [0.1, 0.15) is 41.2 Å². The van der Waals surface area contributed by atoms with E-state index in [1.807, 2.05) is 13.8 Å². The Kier molecular flexibility index (Phi) is 7.89. The first kappa shape index (κ1) is 20.8. The van der Waals surface area contributed by atoms with E-state index in [0.29, 0.717) is 24.7 Å². The number of esters is 1. The van der Waals surface area contributed by atoms with Crippen LogP contribution in [0.25, 0.3) is 0 Å². The van der Waals surface area contributed by atoms with E-state index in [2.05, 4.69) is 10.9 Å². The number of rotatable bonds is 9. The summed E-state index contributed by atoms with van der Waals surface area (Å²) in [6.45, 7) is 4.14. The molecule has 0 radical (unpaired) electrons. The molecule has 2 N–H and O–H groups in total. The third-order valence-electron chi connectivity index (χ3n) is 3.34. The zero-order valence-electron chi connectivity index (χ0n) is 15.7. The molecular formula is C19H22N2O7. The average Bonchev–Trinajstić information content (AvgIpc) is 3.24. The van der Waals surface area contributed by atoms with Gasteiger partial charge < -0.3 is 18.6 Å². The van der Waals surface area contributed by atoms with Crippen molar-refractivity contribution >= 4 is 17.8 Å². The van der Waals surface area contributed by atoms with E-state index in [-0.39, 0.29) is 11.3 Å². The lowest BCUT2D eigenvalue weighted by atomic mass is 10.2. The fraction of sp³-hybridized carbons (Fsp3) is 0.316. The van der Waals surface area contributed by atoms with Crippen LogP contribution in [-0.4, -0.2) is 37.6 Å². The molecule has 28 heavy (non-hydrogen) atoms. The molecule has 0 fully saturated rings. The number of hydrazine groups is 1. The summed E-state index contributed by atoms with van der Waals surface area (Å²) in [7, 11) is 0. The molecule has 1 heterocycles. The molecular weight excluding hydrogens is 368 g/mol. The first-order valence-electron chi connectivity index (χ1n) is 8.74. The van der Waals surface area contributed by atoms with Gasteiger partial charge in [-0.25, -0.2) is 4.79 Å². The number of amides is 2. The van der Waals surface area contributed by atoms with Gasteiger partial charge in [-0.05, 0) is 43.7 Å². The second kappa shape index (κ2) is 10.6. The van der Waals surface area contributed by atoms with Crippen molar-refractivity contribution in [1.29, 1.82) is 0 Å². The van der Waals surface area contributed by atoms with Gasteiger partial charge in [-0.2, -0.15) is 0 Å². The van der Waals surface area contributed by atoms with E-state index >= 15 is 0 Å². The Morgan fingerprint density at radius 1 is 1.04 bits per heavy atom. The molecule has 0 saturated heterocycles. The first-order chi connectivity index (χ1) is 13.5. The number of furan rings is 1. The van der Waals surface area contributed by atoms with Crippen LogP contribution in [0, 0.1) is 0 Å². The topological polar surface area (TPSA) is 116 Å². The molecule has 0 saturated carbocycles. The second-order valence-corrected chi connectivity index (χ2v) is 5.50. The minimum Gasteiger partial charge on any atom is -0.490 e. The normalized spacial score (nSPS) is 10.1. The van der Waals surface area contributed by atoms with Gasteiger partial charge in [0.1, 0.15) is 0 Å². The Labute approximate surface area is 161 Å². The van der Waals surface area contributed by atoms with Gasteiger partial charge in [-0.3, -0.25) is 20.4 Å². The van der Waals surface area contributed by atoms with E-state index in [9.17, 15) is 14.4 Å². The largest absolute Gasteiger partial charge is 0.490 e. The van der Waals surface area contributed by atoms with Crippen LogP contribution in [0.15, 0.2) is 41.0 Å². The Hall–Kier alpha value is -3.49. The van der Waals surface area contributed by atoms with Gasteiger partial charge in [-0.1, -0.05) is 6.92 Å². The highest BCUT2D eigenvalue weighted by Gasteiger charge is 2.15. The number of carbonyl (C=O) groups excluding carboxylic acids is 3. The molecule has 9 heteroatoms. The summed E-state index contributed by atoms with van der Waals surface area (Å²) < 4.78 is 20.9. The highest BCUT2D eigenvalue weighted by atomic mass is 16.5.